The third-order valence-electron chi connectivity index (χ3n) is 3.04. The van der Waals surface area contributed by atoms with Gasteiger partial charge in [-0.25, -0.2) is 4.98 Å². The van der Waals surface area contributed by atoms with Gasteiger partial charge in [0.25, 0.3) is 0 Å². The summed E-state index contributed by atoms with van der Waals surface area (Å²) in [7, 11) is 0. The van der Waals surface area contributed by atoms with Crippen LogP contribution in [-0.2, 0) is 0 Å². The van der Waals surface area contributed by atoms with Crippen LogP contribution >= 0.6 is 11.3 Å². The molecule has 2 N–H and O–H groups in total. The molecule has 1 aromatic heterocycles. The first-order valence-corrected chi connectivity index (χ1v) is 6.72. The molecule has 90 valence electrons. The number of aryl methyl sites for hydroxylation is 1. The van der Waals surface area contributed by atoms with Crippen molar-refractivity contribution in [2.45, 2.75) is 13.0 Å². The molecule has 0 aliphatic carbocycles. The molecule has 0 aliphatic heterocycles. The predicted octanol–water partition coefficient (Wildman–Crippen LogP) is 3.65. The van der Waals surface area contributed by atoms with Gasteiger partial charge in [-0.2, -0.15) is 0 Å². The van der Waals surface area contributed by atoms with Gasteiger partial charge in [0.15, 0.2) is 0 Å². The summed E-state index contributed by atoms with van der Waals surface area (Å²) in [6.45, 7) is 2.05. The van der Waals surface area contributed by atoms with Crippen molar-refractivity contribution in [2.24, 2.45) is 5.73 Å². The largest absolute Gasteiger partial charge is 0.318 e. The maximum absolute atomic E-state index is 6.27. The molecule has 3 rings (SSSR count). The second kappa shape index (κ2) is 4.52. The smallest absolute Gasteiger partial charge is 0.114 e. The molecule has 0 saturated carbocycles. The highest BCUT2D eigenvalue weighted by molar-refractivity contribution is 7.11. The minimum atomic E-state index is -0.131. The summed E-state index contributed by atoms with van der Waals surface area (Å²) in [4.78, 5) is 5.56. The molecule has 0 bridgehead atoms. The van der Waals surface area contributed by atoms with E-state index in [0.717, 1.165) is 10.6 Å². The third-order valence-corrected chi connectivity index (χ3v) is 4.03. The number of thiazole rings is 1. The molecule has 1 heterocycles. The second-order valence-electron chi connectivity index (χ2n) is 4.39. The van der Waals surface area contributed by atoms with Gasteiger partial charge >= 0.3 is 0 Å². The Morgan fingerprint density at radius 1 is 1.11 bits per heavy atom. The van der Waals surface area contributed by atoms with Crippen LogP contribution in [0.3, 0.4) is 0 Å². The maximum Gasteiger partial charge on any atom is 0.114 e. The normalized spacial score (nSPS) is 12.8. The lowest BCUT2D eigenvalue weighted by atomic mass is 10.0. The van der Waals surface area contributed by atoms with E-state index in [1.807, 2.05) is 25.3 Å². The zero-order chi connectivity index (χ0) is 12.5. The number of aromatic nitrogens is 1. The monoisotopic (exact) mass is 254 g/mol. The number of nitrogens with two attached hydrogens (primary N) is 1. The highest BCUT2D eigenvalue weighted by Gasteiger charge is 2.12. The second-order valence-corrected chi connectivity index (χ2v) is 5.66. The van der Waals surface area contributed by atoms with Gasteiger partial charge in [0.1, 0.15) is 5.01 Å². The molecule has 0 spiro atoms. The van der Waals surface area contributed by atoms with Crippen molar-refractivity contribution in [3.63, 3.8) is 0 Å². The Hall–Kier alpha value is -1.71. The molecule has 0 amide bonds. The van der Waals surface area contributed by atoms with E-state index in [2.05, 4.69) is 35.3 Å². The van der Waals surface area contributed by atoms with Gasteiger partial charge in [0.2, 0.25) is 0 Å². The molecule has 0 radical (unpaired) electrons. The van der Waals surface area contributed by atoms with Gasteiger partial charge in [-0.05, 0) is 29.3 Å². The predicted molar refractivity (Wildman–Crippen MR) is 76.8 cm³/mol. The number of hydrogen-bond acceptors (Lipinski definition) is 3. The SMILES string of the molecule is Cc1cnc(C(N)c2ccc3ccccc3c2)s1. The number of hydrogen-bond donors (Lipinski definition) is 1. The fraction of sp³-hybridized carbons (Fsp3) is 0.133. The van der Waals surface area contributed by atoms with Gasteiger partial charge in [0, 0.05) is 11.1 Å². The summed E-state index contributed by atoms with van der Waals surface area (Å²) < 4.78 is 0. The Bertz CT molecular complexity index is 688. The number of rotatable bonds is 2. The average Bonchev–Trinajstić information content (AvgIpc) is 2.84. The molecule has 2 nitrogen and oxygen atoms in total. The molecular formula is C15H14N2S. The average molecular weight is 254 g/mol. The van der Waals surface area contributed by atoms with Crippen molar-refractivity contribution in [2.75, 3.05) is 0 Å². The molecule has 18 heavy (non-hydrogen) atoms. The Morgan fingerprint density at radius 3 is 2.61 bits per heavy atom. The summed E-state index contributed by atoms with van der Waals surface area (Å²) >= 11 is 1.66. The molecular weight excluding hydrogens is 240 g/mol. The number of benzene rings is 2. The third kappa shape index (κ3) is 2.03. The molecule has 0 fully saturated rings. The lowest BCUT2D eigenvalue weighted by Gasteiger charge is -2.10. The van der Waals surface area contributed by atoms with E-state index in [1.165, 1.54) is 15.6 Å². The number of fused-ring (bicyclic) bond motifs is 1. The Morgan fingerprint density at radius 2 is 1.89 bits per heavy atom. The van der Waals surface area contributed by atoms with Gasteiger partial charge in [-0.3, -0.25) is 0 Å². The van der Waals surface area contributed by atoms with Gasteiger partial charge in [-0.1, -0.05) is 36.4 Å². The van der Waals surface area contributed by atoms with Crippen LogP contribution in [0.15, 0.2) is 48.7 Å². The molecule has 1 atom stereocenters. The first kappa shape index (κ1) is 11.4. The summed E-state index contributed by atoms with van der Waals surface area (Å²) in [6.07, 6.45) is 1.88. The van der Waals surface area contributed by atoms with Gasteiger partial charge in [-0.15, -0.1) is 11.3 Å². The van der Waals surface area contributed by atoms with Crippen molar-refractivity contribution in [3.8, 4) is 0 Å². The van der Waals surface area contributed by atoms with Crippen molar-refractivity contribution in [1.29, 1.82) is 0 Å². The Kier molecular flexibility index (Phi) is 2.86. The minimum Gasteiger partial charge on any atom is -0.318 e. The lowest BCUT2D eigenvalue weighted by Crippen LogP contribution is -2.11. The van der Waals surface area contributed by atoms with Crippen LogP contribution < -0.4 is 5.73 Å². The first-order chi connectivity index (χ1) is 8.74. The Balaban J connectivity index is 2.03. The lowest BCUT2D eigenvalue weighted by molar-refractivity contribution is 0.859. The van der Waals surface area contributed by atoms with E-state index in [4.69, 9.17) is 5.73 Å². The van der Waals surface area contributed by atoms with Crippen LogP contribution in [0.1, 0.15) is 21.5 Å². The number of nitrogens with zero attached hydrogens (tertiary/aromatic N) is 1. The van der Waals surface area contributed by atoms with E-state index in [9.17, 15) is 0 Å². The van der Waals surface area contributed by atoms with Crippen molar-refractivity contribution in [3.05, 3.63) is 64.1 Å². The van der Waals surface area contributed by atoms with Crippen LogP contribution in [-0.4, -0.2) is 4.98 Å². The maximum atomic E-state index is 6.27. The first-order valence-electron chi connectivity index (χ1n) is 5.90. The van der Waals surface area contributed by atoms with E-state index < -0.39 is 0 Å². The van der Waals surface area contributed by atoms with Gasteiger partial charge < -0.3 is 5.73 Å². The van der Waals surface area contributed by atoms with Crippen molar-refractivity contribution < 1.29 is 0 Å². The molecule has 1 unspecified atom stereocenters. The molecule has 2 aromatic carbocycles. The topological polar surface area (TPSA) is 38.9 Å². The van der Waals surface area contributed by atoms with Crippen LogP contribution in [0.2, 0.25) is 0 Å². The Labute approximate surface area is 110 Å². The van der Waals surface area contributed by atoms with E-state index in [1.54, 1.807) is 11.3 Å². The van der Waals surface area contributed by atoms with E-state index in [-0.39, 0.29) is 6.04 Å². The van der Waals surface area contributed by atoms with E-state index in [0.29, 0.717) is 0 Å². The van der Waals surface area contributed by atoms with E-state index >= 15 is 0 Å². The summed E-state index contributed by atoms with van der Waals surface area (Å²) in [5.74, 6) is 0. The van der Waals surface area contributed by atoms with Gasteiger partial charge in [0.05, 0.1) is 6.04 Å². The zero-order valence-electron chi connectivity index (χ0n) is 10.1. The fourth-order valence-electron chi connectivity index (χ4n) is 2.06. The van der Waals surface area contributed by atoms with Crippen molar-refractivity contribution >= 4 is 22.1 Å². The molecule has 0 aliphatic rings. The molecule has 3 heteroatoms. The van der Waals surface area contributed by atoms with Crippen molar-refractivity contribution in [1.82, 2.24) is 4.98 Å². The fourth-order valence-corrected chi connectivity index (χ4v) is 2.86. The quantitative estimate of drug-likeness (QED) is 0.758. The van der Waals surface area contributed by atoms with Crippen LogP contribution in [0.25, 0.3) is 10.8 Å². The summed E-state index contributed by atoms with van der Waals surface area (Å²) in [5.41, 5.74) is 7.38. The summed E-state index contributed by atoms with van der Waals surface area (Å²) in [5, 5.41) is 3.44. The van der Waals surface area contributed by atoms with Crippen LogP contribution in [0.4, 0.5) is 0 Å². The highest BCUT2D eigenvalue weighted by atomic mass is 32.1. The summed E-state index contributed by atoms with van der Waals surface area (Å²) in [6, 6.07) is 14.5. The molecule has 0 saturated heterocycles. The van der Waals surface area contributed by atoms with Crippen LogP contribution in [0.5, 0.6) is 0 Å². The standard InChI is InChI=1S/C15H14N2S/c1-10-9-17-15(18-10)14(16)13-7-6-11-4-2-3-5-12(11)8-13/h2-9,14H,16H2,1H3. The minimum absolute atomic E-state index is 0.131. The van der Waals surface area contributed by atoms with Crippen LogP contribution in [0, 0.1) is 6.92 Å². The highest BCUT2D eigenvalue weighted by Crippen LogP contribution is 2.26. The molecule has 3 aromatic rings. The zero-order valence-corrected chi connectivity index (χ0v) is 10.9.